The van der Waals surface area contributed by atoms with E-state index in [0.29, 0.717) is 11.3 Å². The quantitative estimate of drug-likeness (QED) is 0.905. The van der Waals surface area contributed by atoms with Gasteiger partial charge in [-0.15, -0.1) is 0 Å². The molecule has 6 nitrogen and oxygen atoms in total. The van der Waals surface area contributed by atoms with Crippen LogP contribution in [0.3, 0.4) is 0 Å². The molecule has 0 radical (unpaired) electrons. The van der Waals surface area contributed by atoms with E-state index in [9.17, 15) is 23.1 Å². The van der Waals surface area contributed by atoms with Gasteiger partial charge >= 0.3 is 6.18 Å². The number of aliphatic hydroxyl groups excluding tert-OH is 1. The first-order valence-corrected chi connectivity index (χ1v) is 7.91. The fraction of sp³-hybridized carbons (Fsp3) is 0.500. The Morgan fingerprint density at radius 1 is 1.36 bits per heavy atom. The van der Waals surface area contributed by atoms with Crippen LogP contribution in [0.25, 0.3) is 11.0 Å². The van der Waals surface area contributed by atoms with E-state index in [1.54, 1.807) is 10.6 Å². The smallest absolute Gasteiger partial charge is 0.388 e. The van der Waals surface area contributed by atoms with Crippen molar-refractivity contribution < 1.29 is 27.8 Å². The van der Waals surface area contributed by atoms with Gasteiger partial charge in [0.15, 0.2) is 6.10 Å². The Morgan fingerprint density at radius 2 is 2.12 bits per heavy atom. The Kier molecular flexibility index (Phi) is 4.96. The topological polar surface area (TPSA) is 67.6 Å². The van der Waals surface area contributed by atoms with Crippen molar-refractivity contribution in [2.75, 3.05) is 19.7 Å². The lowest BCUT2D eigenvalue weighted by Crippen LogP contribution is -2.51. The fourth-order valence-corrected chi connectivity index (χ4v) is 2.93. The van der Waals surface area contributed by atoms with Gasteiger partial charge < -0.3 is 19.3 Å². The lowest BCUT2D eigenvalue weighted by molar-refractivity contribution is -0.236. The number of halogens is 3. The number of carbonyl (C=O) groups excluding carboxylic acids is 1. The van der Waals surface area contributed by atoms with E-state index in [4.69, 9.17) is 4.74 Å². The number of amides is 1. The highest BCUT2D eigenvalue weighted by Crippen LogP contribution is 2.26. The summed E-state index contributed by atoms with van der Waals surface area (Å²) in [4.78, 5) is 17.8. The van der Waals surface area contributed by atoms with Gasteiger partial charge in [0.1, 0.15) is 12.4 Å². The number of aryl methyl sites for hydroxylation is 1. The third-order valence-electron chi connectivity index (χ3n) is 4.21. The Morgan fingerprint density at radius 3 is 2.84 bits per heavy atom. The lowest BCUT2D eigenvalue weighted by Gasteiger charge is -2.33. The molecule has 0 spiro atoms. The van der Waals surface area contributed by atoms with Crippen molar-refractivity contribution >= 4 is 16.9 Å². The van der Waals surface area contributed by atoms with Crippen LogP contribution in [0.2, 0.25) is 0 Å². The Bertz CT molecular complexity index is 760. The molecule has 0 saturated carbocycles. The minimum atomic E-state index is -4.48. The monoisotopic (exact) mass is 357 g/mol. The number of carbonyl (C=O) groups is 1. The molecule has 0 unspecified atom stereocenters. The van der Waals surface area contributed by atoms with Crippen LogP contribution < -0.4 is 0 Å². The van der Waals surface area contributed by atoms with Crippen LogP contribution in [0, 0.1) is 0 Å². The summed E-state index contributed by atoms with van der Waals surface area (Å²) in [6, 6.07) is 7.25. The number of ether oxygens (including phenoxy) is 1. The molecule has 25 heavy (non-hydrogen) atoms. The number of alkyl halides is 3. The molecule has 2 heterocycles. The molecule has 1 aliphatic heterocycles. The molecule has 1 fully saturated rings. The van der Waals surface area contributed by atoms with Crippen molar-refractivity contribution in [3.8, 4) is 0 Å². The second kappa shape index (κ2) is 7.01. The SMILES string of the molecule is O=C(CCn1c(CO)nc2ccccc21)N1CCO[C@H](C(F)(F)F)C1. The van der Waals surface area contributed by atoms with Gasteiger partial charge in [0.25, 0.3) is 0 Å². The van der Waals surface area contributed by atoms with Crippen LogP contribution in [0.1, 0.15) is 12.2 Å². The number of fused-ring (bicyclic) bond motifs is 1. The summed E-state index contributed by atoms with van der Waals surface area (Å²) in [5.74, 6) is 0.0448. The number of hydrogen-bond donors (Lipinski definition) is 1. The maximum Gasteiger partial charge on any atom is 0.416 e. The molecule has 1 atom stereocenters. The van der Waals surface area contributed by atoms with E-state index in [-0.39, 0.29) is 38.6 Å². The maximum atomic E-state index is 12.8. The first-order valence-electron chi connectivity index (χ1n) is 7.91. The van der Waals surface area contributed by atoms with Gasteiger partial charge in [-0.1, -0.05) is 12.1 Å². The van der Waals surface area contributed by atoms with Gasteiger partial charge in [-0.25, -0.2) is 4.98 Å². The molecule has 0 bridgehead atoms. The minimum Gasteiger partial charge on any atom is -0.388 e. The lowest BCUT2D eigenvalue weighted by atomic mass is 10.2. The van der Waals surface area contributed by atoms with E-state index in [0.717, 1.165) is 5.52 Å². The summed E-state index contributed by atoms with van der Waals surface area (Å²) in [6.07, 6.45) is -6.39. The summed E-state index contributed by atoms with van der Waals surface area (Å²) in [5.41, 5.74) is 1.47. The van der Waals surface area contributed by atoms with Crippen LogP contribution in [-0.4, -0.2) is 57.4 Å². The van der Waals surface area contributed by atoms with E-state index in [1.807, 2.05) is 18.2 Å². The Hall–Kier alpha value is -2.13. The van der Waals surface area contributed by atoms with Gasteiger partial charge in [0.05, 0.1) is 24.2 Å². The van der Waals surface area contributed by atoms with Crippen LogP contribution in [0.4, 0.5) is 13.2 Å². The molecule has 1 amide bonds. The Balaban J connectivity index is 1.68. The molecule has 1 aromatic heterocycles. The first-order chi connectivity index (χ1) is 11.9. The minimum absolute atomic E-state index is 0.0257. The van der Waals surface area contributed by atoms with E-state index < -0.39 is 18.8 Å². The zero-order chi connectivity index (χ0) is 18.0. The number of morpholine rings is 1. The summed E-state index contributed by atoms with van der Waals surface area (Å²) >= 11 is 0. The highest BCUT2D eigenvalue weighted by atomic mass is 19.4. The molecule has 0 aliphatic carbocycles. The summed E-state index contributed by atoms with van der Waals surface area (Å²) in [5, 5.41) is 9.44. The molecule has 1 N–H and O–H groups in total. The number of rotatable bonds is 4. The number of aromatic nitrogens is 2. The standard InChI is InChI=1S/C16H18F3N3O3/c17-16(18,19)13-9-21(7-8-25-13)15(24)5-6-22-12-4-2-1-3-11(12)20-14(22)10-23/h1-4,13,23H,5-10H2/t13-/m0/s1. The zero-order valence-corrected chi connectivity index (χ0v) is 13.4. The van der Waals surface area contributed by atoms with Gasteiger partial charge in [0.2, 0.25) is 5.91 Å². The molecule has 1 aromatic carbocycles. The largest absolute Gasteiger partial charge is 0.416 e. The van der Waals surface area contributed by atoms with Gasteiger partial charge in [-0.2, -0.15) is 13.2 Å². The number of aliphatic hydroxyl groups is 1. The van der Waals surface area contributed by atoms with E-state index >= 15 is 0 Å². The fourth-order valence-electron chi connectivity index (χ4n) is 2.93. The van der Waals surface area contributed by atoms with Gasteiger partial charge in [0, 0.05) is 19.5 Å². The molecule has 1 saturated heterocycles. The molecule has 2 aromatic rings. The molecule has 3 rings (SSSR count). The molecule has 136 valence electrons. The molecular weight excluding hydrogens is 339 g/mol. The predicted molar refractivity (Wildman–Crippen MR) is 82.6 cm³/mol. The first kappa shape index (κ1) is 17.7. The van der Waals surface area contributed by atoms with Crippen LogP contribution in [0.5, 0.6) is 0 Å². The molecule has 1 aliphatic rings. The highest BCUT2D eigenvalue weighted by molar-refractivity contribution is 5.78. The highest BCUT2D eigenvalue weighted by Gasteiger charge is 2.44. The van der Waals surface area contributed by atoms with Crippen molar-refractivity contribution in [1.29, 1.82) is 0 Å². The summed E-state index contributed by atoms with van der Waals surface area (Å²) in [7, 11) is 0. The normalized spacial score (nSPS) is 18.7. The van der Waals surface area contributed by atoms with E-state index in [1.165, 1.54) is 4.90 Å². The second-order valence-electron chi connectivity index (χ2n) is 5.82. The van der Waals surface area contributed by atoms with Crippen LogP contribution in [-0.2, 0) is 22.7 Å². The molecular formula is C16H18F3N3O3. The molecule has 9 heteroatoms. The maximum absolute atomic E-state index is 12.8. The average molecular weight is 357 g/mol. The zero-order valence-electron chi connectivity index (χ0n) is 13.4. The van der Waals surface area contributed by atoms with Crippen LogP contribution >= 0.6 is 0 Å². The van der Waals surface area contributed by atoms with Crippen molar-refractivity contribution in [1.82, 2.24) is 14.5 Å². The Labute approximate surface area is 141 Å². The van der Waals surface area contributed by atoms with Gasteiger partial charge in [-0.3, -0.25) is 4.79 Å². The van der Waals surface area contributed by atoms with Crippen molar-refractivity contribution in [2.24, 2.45) is 0 Å². The van der Waals surface area contributed by atoms with E-state index in [2.05, 4.69) is 4.98 Å². The van der Waals surface area contributed by atoms with Crippen molar-refractivity contribution in [2.45, 2.75) is 31.9 Å². The third kappa shape index (κ3) is 3.77. The number of hydrogen-bond acceptors (Lipinski definition) is 4. The summed E-state index contributed by atoms with van der Waals surface area (Å²) in [6.45, 7) is -0.519. The second-order valence-corrected chi connectivity index (χ2v) is 5.82. The van der Waals surface area contributed by atoms with Crippen molar-refractivity contribution in [3.63, 3.8) is 0 Å². The number of nitrogens with zero attached hydrogens (tertiary/aromatic N) is 3. The predicted octanol–water partition coefficient (Wildman–Crippen LogP) is 1.71. The van der Waals surface area contributed by atoms with Crippen molar-refractivity contribution in [3.05, 3.63) is 30.1 Å². The average Bonchev–Trinajstić information content (AvgIpc) is 2.97. The van der Waals surface area contributed by atoms with Crippen LogP contribution in [0.15, 0.2) is 24.3 Å². The number of benzene rings is 1. The van der Waals surface area contributed by atoms with Gasteiger partial charge in [-0.05, 0) is 12.1 Å². The summed E-state index contributed by atoms with van der Waals surface area (Å²) < 4.78 is 44.7. The number of para-hydroxylation sites is 2. The third-order valence-corrected chi connectivity index (χ3v) is 4.21. The number of imidazole rings is 1.